The first-order valence-electron chi connectivity index (χ1n) is 6.18. The molecule has 0 saturated carbocycles. The van der Waals surface area contributed by atoms with E-state index in [1.807, 2.05) is 6.92 Å². The smallest absolute Gasteiger partial charge is 0.177 e. The Bertz CT molecular complexity index is 729. The van der Waals surface area contributed by atoms with Crippen molar-refractivity contribution in [3.8, 4) is 17.8 Å². The Labute approximate surface area is 120 Å². The third-order valence-corrected chi connectivity index (χ3v) is 2.88. The van der Waals surface area contributed by atoms with E-state index in [4.69, 9.17) is 10.5 Å². The quantitative estimate of drug-likeness (QED) is 0.933. The molecular formula is C14H11F2N5. The Morgan fingerprint density at radius 2 is 1.90 bits per heavy atom. The van der Waals surface area contributed by atoms with E-state index >= 15 is 0 Å². The molecule has 0 saturated heterocycles. The van der Waals surface area contributed by atoms with Crippen LogP contribution in [-0.2, 0) is 6.54 Å². The Kier molecular flexibility index (Phi) is 4.27. The van der Waals surface area contributed by atoms with Crippen LogP contribution in [0.3, 0.4) is 0 Å². The number of nitrogens with zero attached hydrogens (tertiary/aromatic N) is 4. The lowest BCUT2D eigenvalue weighted by Gasteiger charge is -2.10. The molecule has 0 fully saturated rings. The Morgan fingerprint density at radius 1 is 1.24 bits per heavy atom. The maximum absolute atomic E-state index is 14.1. The summed E-state index contributed by atoms with van der Waals surface area (Å²) in [7, 11) is 0. The molecule has 1 aromatic heterocycles. The Morgan fingerprint density at radius 3 is 2.43 bits per heavy atom. The van der Waals surface area contributed by atoms with Crippen LogP contribution < -0.4 is 5.32 Å². The summed E-state index contributed by atoms with van der Waals surface area (Å²) in [5.74, 6) is -1.64. The summed E-state index contributed by atoms with van der Waals surface area (Å²) in [6, 6.07) is 5.81. The van der Waals surface area contributed by atoms with Gasteiger partial charge in [-0.25, -0.2) is 13.8 Å². The van der Waals surface area contributed by atoms with Gasteiger partial charge in [-0.1, -0.05) is 6.92 Å². The zero-order chi connectivity index (χ0) is 15.4. The largest absolute Gasteiger partial charge is 0.313 e. The van der Waals surface area contributed by atoms with Crippen molar-refractivity contribution in [1.82, 2.24) is 14.9 Å². The molecule has 1 N–H and O–H groups in total. The minimum atomic E-state index is -0.818. The van der Waals surface area contributed by atoms with Gasteiger partial charge in [0, 0.05) is 6.54 Å². The molecule has 0 aliphatic rings. The van der Waals surface area contributed by atoms with Crippen LogP contribution in [0.4, 0.5) is 8.78 Å². The standard InChI is InChI=1S/C14H11F2N5/c1-2-19-7-9-3-10(15)14(11(16)4-9)21-8-20-12(5-17)13(21)6-18/h3-4,8,19H,2,7H2,1H3. The van der Waals surface area contributed by atoms with Crippen molar-refractivity contribution in [2.75, 3.05) is 6.54 Å². The van der Waals surface area contributed by atoms with Gasteiger partial charge in [0.1, 0.15) is 24.2 Å². The zero-order valence-corrected chi connectivity index (χ0v) is 11.2. The molecule has 21 heavy (non-hydrogen) atoms. The molecule has 0 bridgehead atoms. The van der Waals surface area contributed by atoms with E-state index in [2.05, 4.69) is 10.3 Å². The van der Waals surface area contributed by atoms with E-state index in [1.54, 1.807) is 12.1 Å². The van der Waals surface area contributed by atoms with Crippen LogP contribution in [0.5, 0.6) is 0 Å². The minimum absolute atomic E-state index is 0.173. The van der Waals surface area contributed by atoms with E-state index in [0.29, 0.717) is 18.7 Å². The maximum atomic E-state index is 14.1. The zero-order valence-electron chi connectivity index (χ0n) is 11.2. The molecule has 0 aliphatic heterocycles. The number of hydrogen-bond donors (Lipinski definition) is 1. The fraction of sp³-hybridized carbons (Fsp3) is 0.214. The van der Waals surface area contributed by atoms with Crippen molar-refractivity contribution in [2.45, 2.75) is 13.5 Å². The molecule has 1 heterocycles. The summed E-state index contributed by atoms with van der Waals surface area (Å²) >= 11 is 0. The first kappa shape index (κ1) is 14.6. The lowest BCUT2D eigenvalue weighted by molar-refractivity contribution is 0.562. The second-order valence-electron chi connectivity index (χ2n) is 4.22. The third-order valence-electron chi connectivity index (χ3n) is 2.88. The highest BCUT2D eigenvalue weighted by molar-refractivity contribution is 5.46. The summed E-state index contributed by atoms with van der Waals surface area (Å²) in [6.45, 7) is 2.90. The van der Waals surface area contributed by atoms with Crippen LogP contribution in [0.25, 0.3) is 5.69 Å². The molecule has 0 amide bonds. The van der Waals surface area contributed by atoms with Gasteiger partial charge in [-0.3, -0.25) is 4.57 Å². The predicted octanol–water partition coefficient (Wildman–Crippen LogP) is 2.00. The van der Waals surface area contributed by atoms with Crippen molar-refractivity contribution < 1.29 is 8.78 Å². The van der Waals surface area contributed by atoms with Crippen molar-refractivity contribution in [3.63, 3.8) is 0 Å². The lowest BCUT2D eigenvalue weighted by atomic mass is 10.1. The topological polar surface area (TPSA) is 77.4 Å². The van der Waals surface area contributed by atoms with Gasteiger partial charge in [0.15, 0.2) is 23.0 Å². The molecule has 0 radical (unpaired) electrons. The highest BCUT2D eigenvalue weighted by Crippen LogP contribution is 2.22. The van der Waals surface area contributed by atoms with E-state index in [0.717, 1.165) is 10.9 Å². The van der Waals surface area contributed by atoms with Crippen molar-refractivity contribution in [3.05, 3.63) is 47.0 Å². The van der Waals surface area contributed by atoms with Gasteiger partial charge >= 0.3 is 0 Å². The van der Waals surface area contributed by atoms with Crippen molar-refractivity contribution in [1.29, 1.82) is 10.5 Å². The number of imidazole rings is 1. The number of halogens is 2. The minimum Gasteiger partial charge on any atom is -0.313 e. The summed E-state index contributed by atoms with van der Waals surface area (Å²) < 4.78 is 29.2. The average molecular weight is 287 g/mol. The highest BCUT2D eigenvalue weighted by Gasteiger charge is 2.19. The molecule has 1 aromatic carbocycles. The van der Waals surface area contributed by atoms with Crippen molar-refractivity contribution >= 4 is 0 Å². The third kappa shape index (κ3) is 2.73. The fourth-order valence-corrected chi connectivity index (χ4v) is 1.93. The first-order chi connectivity index (χ1) is 10.1. The first-order valence-corrected chi connectivity index (χ1v) is 6.18. The molecule has 2 rings (SSSR count). The number of aromatic nitrogens is 2. The fourth-order valence-electron chi connectivity index (χ4n) is 1.93. The van der Waals surface area contributed by atoms with Crippen LogP contribution in [0.15, 0.2) is 18.5 Å². The number of rotatable bonds is 4. The lowest BCUT2D eigenvalue weighted by Crippen LogP contribution is -2.13. The van der Waals surface area contributed by atoms with Crippen LogP contribution >= 0.6 is 0 Å². The Hall–Kier alpha value is -2.77. The van der Waals surface area contributed by atoms with Crippen LogP contribution in [-0.4, -0.2) is 16.1 Å². The van der Waals surface area contributed by atoms with E-state index in [1.165, 1.54) is 12.1 Å². The van der Waals surface area contributed by atoms with Crippen LogP contribution in [0.1, 0.15) is 23.9 Å². The second kappa shape index (κ2) is 6.12. The van der Waals surface area contributed by atoms with Gasteiger partial charge in [-0.05, 0) is 24.2 Å². The molecule has 0 spiro atoms. The molecular weight excluding hydrogens is 276 g/mol. The summed E-state index contributed by atoms with van der Waals surface area (Å²) in [4.78, 5) is 3.67. The van der Waals surface area contributed by atoms with E-state index in [9.17, 15) is 8.78 Å². The van der Waals surface area contributed by atoms with Gasteiger partial charge in [-0.2, -0.15) is 10.5 Å². The van der Waals surface area contributed by atoms with Gasteiger partial charge in [0.2, 0.25) is 0 Å². The second-order valence-corrected chi connectivity index (χ2v) is 4.22. The number of nitrogens with one attached hydrogen (secondary N) is 1. The van der Waals surface area contributed by atoms with E-state index < -0.39 is 17.3 Å². The monoisotopic (exact) mass is 287 g/mol. The maximum Gasteiger partial charge on any atom is 0.177 e. The van der Waals surface area contributed by atoms with Crippen LogP contribution in [0, 0.1) is 34.3 Å². The van der Waals surface area contributed by atoms with Gasteiger partial charge in [0.05, 0.1) is 0 Å². The highest BCUT2D eigenvalue weighted by atomic mass is 19.1. The number of nitriles is 2. The van der Waals surface area contributed by atoms with E-state index in [-0.39, 0.29) is 11.4 Å². The molecule has 2 aromatic rings. The van der Waals surface area contributed by atoms with Gasteiger partial charge in [-0.15, -0.1) is 0 Å². The molecule has 0 atom stereocenters. The van der Waals surface area contributed by atoms with Crippen molar-refractivity contribution in [2.24, 2.45) is 0 Å². The Balaban J connectivity index is 2.54. The summed E-state index contributed by atoms with van der Waals surface area (Å²) in [5.41, 5.74) is -0.335. The molecule has 0 aliphatic carbocycles. The normalized spacial score (nSPS) is 10.1. The molecule has 0 unspecified atom stereocenters. The average Bonchev–Trinajstić information content (AvgIpc) is 2.87. The predicted molar refractivity (Wildman–Crippen MR) is 70.3 cm³/mol. The van der Waals surface area contributed by atoms with Gasteiger partial charge < -0.3 is 5.32 Å². The summed E-state index contributed by atoms with van der Waals surface area (Å²) in [5, 5.41) is 20.8. The summed E-state index contributed by atoms with van der Waals surface area (Å²) in [6.07, 6.45) is 1.06. The number of hydrogen-bond acceptors (Lipinski definition) is 4. The number of benzene rings is 1. The van der Waals surface area contributed by atoms with Crippen LogP contribution in [0.2, 0.25) is 0 Å². The molecule has 106 valence electrons. The SMILES string of the molecule is CCNCc1cc(F)c(-n2cnc(C#N)c2C#N)c(F)c1. The van der Waals surface area contributed by atoms with Gasteiger partial charge in [0.25, 0.3) is 0 Å². The molecule has 7 heteroatoms. The molecule has 5 nitrogen and oxygen atoms in total.